The fourth-order valence-electron chi connectivity index (χ4n) is 1.50. The van der Waals surface area contributed by atoms with Crippen LogP contribution in [-0.4, -0.2) is 17.8 Å². The molecule has 0 heterocycles. The quantitative estimate of drug-likeness (QED) is 0.771. The third-order valence-electron chi connectivity index (χ3n) is 2.55. The van der Waals surface area contributed by atoms with Crippen LogP contribution in [0.1, 0.15) is 30.9 Å². The molecule has 3 N–H and O–H groups in total. The highest BCUT2D eigenvalue weighted by Crippen LogP contribution is 2.28. The summed E-state index contributed by atoms with van der Waals surface area (Å²) in [4.78, 5) is 0. The van der Waals surface area contributed by atoms with E-state index in [-0.39, 0.29) is 12.6 Å². The van der Waals surface area contributed by atoms with Crippen LogP contribution in [0.4, 0.5) is 0 Å². The first-order valence-electron chi connectivity index (χ1n) is 5.42. The van der Waals surface area contributed by atoms with Gasteiger partial charge >= 0.3 is 0 Å². The van der Waals surface area contributed by atoms with Crippen LogP contribution in [0, 0.1) is 0 Å². The van der Waals surface area contributed by atoms with Gasteiger partial charge in [0.15, 0.2) is 0 Å². The Labute approximate surface area is 89.9 Å². The predicted octanol–water partition coefficient (Wildman–Crippen LogP) is 1.61. The molecule has 1 unspecified atom stereocenters. The minimum Gasteiger partial charge on any atom is -0.490 e. The number of ether oxygens (including phenoxy) is 1. The van der Waals surface area contributed by atoms with Crippen LogP contribution in [0.2, 0.25) is 0 Å². The third-order valence-corrected chi connectivity index (χ3v) is 2.55. The molecular formula is C12H17NO2. The largest absolute Gasteiger partial charge is 0.490 e. The molecule has 82 valence electrons. The van der Waals surface area contributed by atoms with Crippen molar-refractivity contribution in [3.8, 4) is 5.75 Å². The summed E-state index contributed by atoms with van der Waals surface area (Å²) in [6, 6.07) is 7.74. The monoisotopic (exact) mass is 207 g/mol. The van der Waals surface area contributed by atoms with E-state index in [1.807, 2.05) is 24.3 Å². The number of benzene rings is 1. The van der Waals surface area contributed by atoms with Crippen molar-refractivity contribution in [1.29, 1.82) is 0 Å². The van der Waals surface area contributed by atoms with Gasteiger partial charge in [-0.1, -0.05) is 12.1 Å². The molecule has 2 rings (SSSR count). The van der Waals surface area contributed by atoms with E-state index in [4.69, 9.17) is 15.6 Å². The first-order valence-corrected chi connectivity index (χ1v) is 5.42. The average molecular weight is 207 g/mol. The molecule has 0 radical (unpaired) electrons. The first kappa shape index (κ1) is 10.5. The highest BCUT2D eigenvalue weighted by molar-refractivity contribution is 5.30. The molecule has 0 aromatic heterocycles. The van der Waals surface area contributed by atoms with Crippen molar-refractivity contribution < 1.29 is 9.84 Å². The van der Waals surface area contributed by atoms with Gasteiger partial charge in [0.05, 0.1) is 6.10 Å². The third kappa shape index (κ3) is 2.94. The van der Waals surface area contributed by atoms with Crippen molar-refractivity contribution in [2.75, 3.05) is 6.61 Å². The molecule has 0 saturated heterocycles. The maximum Gasteiger partial charge on any atom is 0.120 e. The smallest absolute Gasteiger partial charge is 0.120 e. The van der Waals surface area contributed by atoms with Crippen LogP contribution in [0.25, 0.3) is 0 Å². The Morgan fingerprint density at radius 2 is 2.27 bits per heavy atom. The van der Waals surface area contributed by atoms with Crippen LogP contribution in [0.3, 0.4) is 0 Å². The van der Waals surface area contributed by atoms with E-state index < -0.39 is 0 Å². The molecule has 0 aliphatic heterocycles. The Morgan fingerprint density at radius 3 is 2.93 bits per heavy atom. The second-order valence-corrected chi connectivity index (χ2v) is 4.01. The van der Waals surface area contributed by atoms with E-state index in [9.17, 15) is 0 Å². The van der Waals surface area contributed by atoms with E-state index >= 15 is 0 Å². The molecule has 1 aliphatic rings. The Kier molecular flexibility index (Phi) is 3.23. The lowest BCUT2D eigenvalue weighted by atomic mass is 10.1. The van der Waals surface area contributed by atoms with Crippen molar-refractivity contribution in [3.05, 3.63) is 29.8 Å². The van der Waals surface area contributed by atoms with E-state index in [1.54, 1.807) is 0 Å². The Hall–Kier alpha value is -1.06. The molecule has 0 amide bonds. The SMILES string of the molecule is NC(CCO)c1cccc(OC2CC2)c1. The zero-order chi connectivity index (χ0) is 10.7. The molecule has 0 bridgehead atoms. The Bertz CT molecular complexity index is 323. The van der Waals surface area contributed by atoms with Gasteiger partial charge in [-0.25, -0.2) is 0 Å². The van der Waals surface area contributed by atoms with Gasteiger partial charge in [0.1, 0.15) is 5.75 Å². The first-order chi connectivity index (χ1) is 7.29. The molecule has 1 aromatic carbocycles. The summed E-state index contributed by atoms with van der Waals surface area (Å²) < 4.78 is 5.68. The van der Waals surface area contributed by atoms with Gasteiger partial charge in [0.2, 0.25) is 0 Å². The van der Waals surface area contributed by atoms with Crippen LogP contribution in [0.5, 0.6) is 5.75 Å². The van der Waals surface area contributed by atoms with Gasteiger partial charge in [0, 0.05) is 12.6 Å². The zero-order valence-corrected chi connectivity index (χ0v) is 8.73. The van der Waals surface area contributed by atoms with E-state index in [0.717, 1.165) is 24.2 Å². The van der Waals surface area contributed by atoms with Gasteiger partial charge in [-0.15, -0.1) is 0 Å². The summed E-state index contributed by atoms with van der Waals surface area (Å²) in [5.41, 5.74) is 6.94. The number of aliphatic hydroxyl groups excluding tert-OH is 1. The predicted molar refractivity (Wildman–Crippen MR) is 58.7 cm³/mol. The highest BCUT2D eigenvalue weighted by Gasteiger charge is 2.23. The van der Waals surface area contributed by atoms with E-state index in [1.165, 1.54) is 0 Å². The molecule has 3 nitrogen and oxygen atoms in total. The second kappa shape index (κ2) is 4.64. The van der Waals surface area contributed by atoms with Crippen LogP contribution >= 0.6 is 0 Å². The van der Waals surface area contributed by atoms with Gasteiger partial charge in [-0.2, -0.15) is 0 Å². The Balaban J connectivity index is 2.03. The Morgan fingerprint density at radius 1 is 1.47 bits per heavy atom. The molecular weight excluding hydrogens is 190 g/mol. The van der Waals surface area contributed by atoms with Crippen molar-refractivity contribution in [2.45, 2.75) is 31.4 Å². The van der Waals surface area contributed by atoms with Crippen molar-refractivity contribution in [1.82, 2.24) is 0 Å². The maximum absolute atomic E-state index is 8.81. The number of hydrogen-bond acceptors (Lipinski definition) is 3. The fourth-order valence-corrected chi connectivity index (χ4v) is 1.50. The van der Waals surface area contributed by atoms with Crippen molar-refractivity contribution in [2.24, 2.45) is 5.73 Å². The molecule has 1 atom stereocenters. The second-order valence-electron chi connectivity index (χ2n) is 4.01. The minimum atomic E-state index is -0.0993. The summed E-state index contributed by atoms with van der Waals surface area (Å²) in [5.74, 6) is 0.892. The minimum absolute atomic E-state index is 0.0993. The van der Waals surface area contributed by atoms with Crippen LogP contribution in [-0.2, 0) is 0 Å². The lowest BCUT2D eigenvalue weighted by Crippen LogP contribution is -2.12. The normalized spacial score (nSPS) is 17.5. The molecule has 3 heteroatoms. The van der Waals surface area contributed by atoms with Crippen LogP contribution in [0.15, 0.2) is 24.3 Å². The summed E-state index contributed by atoms with van der Waals surface area (Å²) in [5, 5.41) is 8.81. The van der Waals surface area contributed by atoms with Crippen molar-refractivity contribution >= 4 is 0 Å². The lowest BCUT2D eigenvalue weighted by Gasteiger charge is -2.12. The topological polar surface area (TPSA) is 55.5 Å². The number of nitrogens with two attached hydrogens (primary N) is 1. The molecule has 1 aliphatic carbocycles. The molecule has 0 spiro atoms. The molecule has 1 aromatic rings. The van der Waals surface area contributed by atoms with Crippen LogP contribution < -0.4 is 10.5 Å². The summed E-state index contributed by atoms with van der Waals surface area (Å²) in [6.07, 6.45) is 3.32. The lowest BCUT2D eigenvalue weighted by molar-refractivity contribution is 0.276. The van der Waals surface area contributed by atoms with E-state index in [0.29, 0.717) is 12.5 Å². The van der Waals surface area contributed by atoms with Gasteiger partial charge in [-0.3, -0.25) is 0 Å². The summed E-state index contributed by atoms with van der Waals surface area (Å²) in [6.45, 7) is 0.120. The van der Waals surface area contributed by atoms with Gasteiger partial charge < -0.3 is 15.6 Å². The highest BCUT2D eigenvalue weighted by atomic mass is 16.5. The molecule has 15 heavy (non-hydrogen) atoms. The average Bonchev–Trinajstić information content (AvgIpc) is 3.03. The zero-order valence-electron chi connectivity index (χ0n) is 8.73. The molecule has 1 fully saturated rings. The van der Waals surface area contributed by atoms with Gasteiger partial charge in [-0.05, 0) is 37.0 Å². The maximum atomic E-state index is 8.81. The summed E-state index contributed by atoms with van der Waals surface area (Å²) >= 11 is 0. The fraction of sp³-hybridized carbons (Fsp3) is 0.500. The standard InChI is InChI=1S/C12H17NO2/c13-12(6-7-14)9-2-1-3-11(8-9)15-10-4-5-10/h1-3,8,10,12,14H,4-7,13H2. The molecule has 1 saturated carbocycles. The number of rotatable bonds is 5. The van der Waals surface area contributed by atoms with Gasteiger partial charge in [0.25, 0.3) is 0 Å². The van der Waals surface area contributed by atoms with Crippen molar-refractivity contribution in [3.63, 3.8) is 0 Å². The number of aliphatic hydroxyl groups is 1. The summed E-state index contributed by atoms with van der Waals surface area (Å²) in [7, 11) is 0. The van der Waals surface area contributed by atoms with E-state index in [2.05, 4.69) is 0 Å². The number of hydrogen-bond donors (Lipinski definition) is 2.